The molecule has 3 rings (SSSR count). The molecule has 1 N–H and O–H groups in total. The molecule has 5 nitrogen and oxygen atoms in total. The van der Waals surface area contributed by atoms with Crippen molar-refractivity contribution in [3.63, 3.8) is 0 Å². The number of rotatable bonds is 6. The normalized spacial score (nSPS) is 11.8. The molecule has 9 heteroatoms. The average Bonchev–Trinajstić information content (AvgIpc) is 2.68. The zero-order chi connectivity index (χ0) is 21.9. The van der Waals surface area contributed by atoms with Gasteiger partial charge in [-0.05, 0) is 24.3 Å². The van der Waals surface area contributed by atoms with Crippen molar-refractivity contribution in [2.75, 3.05) is 6.54 Å². The molecule has 0 amide bonds. The molecule has 0 unspecified atom stereocenters. The number of pyridine rings is 1. The van der Waals surface area contributed by atoms with E-state index in [0.29, 0.717) is 29.6 Å². The maximum atomic E-state index is 13.0. The van der Waals surface area contributed by atoms with Gasteiger partial charge in [0.1, 0.15) is 11.5 Å². The number of aromatic amines is 1. The molecule has 2 heterocycles. The number of hydrogen-bond acceptors (Lipinski definition) is 3. The van der Waals surface area contributed by atoms with E-state index in [1.54, 1.807) is 12.1 Å². The van der Waals surface area contributed by atoms with Gasteiger partial charge in [-0.1, -0.05) is 49.1 Å². The highest BCUT2D eigenvalue weighted by Crippen LogP contribution is 2.30. The lowest BCUT2D eigenvalue weighted by Crippen LogP contribution is -2.11. The molecule has 1 aromatic carbocycles. The molecule has 0 saturated carbocycles. The zero-order valence-electron chi connectivity index (χ0n) is 16.3. The maximum Gasteiger partial charge on any atom is 0.433 e. The summed E-state index contributed by atoms with van der Waals surface area (Å²) < 4.78 is 38.9. The first-order valence-corrected chi connectivity index (χ1v) is 9.59. The van der Waals surface area contributed by atoms with Gasteiger partial charge in [0, 0.05) is 11.6 Å². The third kappa shape index (κ3) is 5.46. The van der Waals surface area contributed by atoms with E-state index in [4.69, 9.17) is 11.6 Å². The van der Waals surface area contributed by atoms with Gasteiger partial charge in [-0.15, -0.1) is 13.1 Å². The minimum Gasteiger partial charge on any atom is -0.658 e. The van der Waals surface area contributed by atoms with Crippen LogP contribution in [-0.4, -0.2) is 21.5 Å². The van der Waals surface area contributed by atoms with Crippen LogP contribution in [-0.2, 0) is 12.7 Å². The van der Waals surface area contributed by atoms with E-state index >= 15 is 0 Å². The molecule has 0 fully saturated rings. The van der Waals surface area contributed by atoms with Gasteiger partial charge in [0.25, 0.3) is 5.56 Å². The first-order chi connectivity index (χ1) is 14.1. The lowest BCUT2D eigenvalue weighted by Gasteiger charge is -2.22. The smallest absolute Gasteiger partial charge is 0.433 e. The van der Waals surface area contributed by atoms with E-state index in [9.17, 15) is 18.0 Å². The molecular formula is C21H19ClF3N4O-. The molecule has 0 bridgehead atoms. The van der Waals surface area contributed by atoms with Gasteiger partial charge in [-0.3, -0.25) is 4.79 Å². The zero-order valence-corrected chi connectivity index (χ0v) is 17.1. The Morgan fingerprint density at radius 2 is 1.87 bits per heavy atom. The van der Waals surface area contributed by atoms with E-state index in [1.165, 1.54) is 12.1 Å². The van der Waals surface area contributed by atoms with Gasteiger partial charge in [-0.2, -0.15) is 13.2 Å². The minimum atomic E-state index is -4.60. The van der Waals surface area contributed by atoms with Crippen LogP contribution in [0.2, 0.25) is 5.02 Å². The first kappa shape index (κ1) is 22.0. The van der Waals surface area contributed by atoms with E-state index in [2.05, 4.69) is 34.1 Å². The van der Waals surface area contributed by atoms with Crippen LogP contribution in [0.15, 0.2) is 47.3 Å². The predicted octanol–water partition coefficient (Wildman–Crippen LogP) is 5.70. The number of nitrogens with zero attached hydrogens (tertiary/aromatic N) is 3. The number of benzene rings is 1. The Labute approximate surface area is 176 Å². The van der Waals surface area contributed by atoms with Crippen molar-refractivity contribution < 1.29 is 13.2 Å². The monoisotopic (exact) mass is 435 g/mol. The Morgan fingerprint density at radius 1 is 1.10 bits per heavy atom. The van der Waals surface area contributed by atoms with Crippen LogP contribution in [0.3, 0.4) is 0 Å². The number of halogens is 4. The topological polar surface area (TPSA) is 72.7 Å². The van der Waals surface area contributed by atoms with Crippen molar-refractivity contribution in [3.8, 4) is 22.8 Å². The molecule has 3 aromatic rings. The quantitative estimate of drug-likeness (QED) is 0.539. The van der Waals surface area contributed by atoms with Crippen molar-refractivity contribution in [2.24, 2.45) is 5.92 Å². The molecule has 158 valence electrons. The summed E-state index contributed by atoms with van der Waals surface area (Å²) in [6.45, 7) is 5.32. The minimum absolute atomic E-state index is 0.0193. The third-order valence-electron chi connectivity index (χ3n) is 4.12. The van der Waals surface area contributed by atoms with Crippen LogP contribution < -0.4 is 5.56 Å². The molecule has 2 aromatic heterocycles. The van der Waals surface area contributed by atoms with Gasteiger partial charge in [0.05, 0.1) is 16.4 Å². The van der Waals surface area contributed by atoms with Crippen molar-refractivity contribution >= 4 is 11.6 Å². The fraction of sp³-hybridized carbons (Fsp3) is 0.286. The highest BCUT2D eigenvalue weighted by Gasteiger charge is 2.32. The summed E-state index contributed by atoms with van der Waals surface area (Å²) in [6.07, 6.45) is -4.60. The molecule has 0 aliphatic heterocycles. The Morgan fingerprint density at radius 3 is 2.57 bits per heavy atom. The molecule has 0 aliphatic rings. The summed E-state index contributed by atoms with van der Waals surface area (Å²) in [6, 6.07) is 9.80. The van der Waals surface area contributed by atoms with E-state index in [1.807, 2.05) is 6.07 Å². The number of aromatic nitrogens is 3. The highest BCUT2D eigenvalue weighted by molar-refractivity contribution is 6.33. The fourth-order valence-corrected chi connectivity index (χ4v) is 2.96. The van der Waals surface area contributed by atoms with E-state index < -0.39 is 17.4 Å². The second kappa shape index (κ2) is 8.97. The molecule has 0 saturated heterocycles. The maximum absolute atomic E-state index is 13.0. The third-order valence-corrected chi connectivity index (χ3v) is 4.45. The van der Waals surface area contributed by atoms with Crippen LogP contribution in [0.4, 0.5) is 13.2 Å². The summed E-state index contributed by atoms with van der Waals surface area (Å²) in [5.41, 5.74) is -0.294. The SMILES string of the molecule is CC(C)C[N-]Cc1ccc(Cl)c(-c2nc(-c3cccc(C(F)(F)F)n3)cc(=O)[nH]2)c1. The average molecular weight is 436 g/mol. The Bertz CT molecular complexity index is 1100. The number of alkyl halides is 3. The van der Waals surface area contributed by atoms with Crippen LogP contribution in [0, 0.1) is 5.92 Å². The Kier molecular flexibility index (Phi) is 6.58. The molecule has 0 spiro atoms. The van der Waals surface area contributed by atoms with Crippen LogP contribution in [0.5, 0.6) is 0 Å². The summed E-state index contributed by atoms with van der Waals surface area (Å²) >= 11 is 6.29. The number of hydrogen-bond donors (Lipinski definition) is 1. The van der Waals surface area contributed by atoms with Crippen molar-refractivity contribution in [2.45, 2.75) is 26.6 Å². The van der Waals surface area contributed by atoms with Gasteiger partial charge >= 0.3 is 6.18 Å². The highest BCUT2D eigenvalue weighted by atomic mass is 35.5. The van der Waals surface area contributed by atoms with Crippen molar-refractivity contribution in [3.05, 3.63) is 74.4 Å². The molecule has 0 atom stereocenters. The van der Waals surface area contributed by atoms with E-state index in [-0.39, 0.29) is 17.2 Å². The molecule has 0 radical (unpaired) electrons. The van der Waals surface area contributed by atoms with Crippen LogP contribution >= 0.6 is 11.6 Å². The lowest BCUT2D eigenvalue weighted by atomic mass is 10.1. The summed E-state index contributed by atoms with van der Waals surface area (Å²) in [4.78, 5) is 22.7. The molecule has 0 aliphatic carbocycles. The standard InChI is InChI=1S/C21H19ClF3N4O/c1-12(2)10-26-11-13-6-7-15(22)14(8-13)20-28-17(9-19(30)29-20)16-4-3-5-18(27-16)21(23,24)25/h3-9,12H,10-11H2,1-2H3,(H,28,29,30)/q-1. The van der Waals surface area contributed by atoms with Crippen molar-refractivity contribution in [1.82, 2.24) is 15.0 Å². The fourth-order valence-electron chi connectivity index (χ4n) is 2.76. The van der Waals surface area contributed by atoms with Gasteiger partial charge < -0.3 is 10.3 Å². The van der Waals surface area contributed by atoms with Gasteiger partial charge in [0.15, 0.2) is 0 Å². The number of nitrogens with one attached hydrogen (secondary N) is 1. The summed E-state index contributed by atoms with van der Waals surface area (Å²) in [7, 11) is 0. The lowest BCUT2D eigenvalue weighted by molar-refractivity contribution is -0.141. The number of H-pyrrole nitrogens is 1. The van der Waals surface area contributed by atoms with Crippen LogP contribution in [0.25, 0.3) is 28.1 Å². The summed E-state index contributed by atoms with van der Waals surface area (Å²) in [5, 5.41) is 4.82. The molecular weight excluding hydrogens is 417 g/mol. The predicted molar refractivity (Wildman–Crippen MR) is 110 cm³/mol. The van der Waals surface area contributed by atoms with Crippen molar-refractivity contribution in [1.29, 1.82) is 0 Å². The Balaban J connectivity index is 1.99. The molecule has 30 heavy (non-hydrogen) atoms. The second-order valence-electron chi connectivity index (χ2n) is 7.16. The largest absolute Gasteiger partial charge is 0.658 e. The van der Waals surface area contributed by atoms with Crippen LogP contribution in [0.1, 0.15) is 25.1 Å². The van der Waals surface area contributed by atoms with Gasteiger partial charge in [-0.25, -0.2) is 9.97 Å². The van der Waals surface area contributed by atoms with E-state index in [0.717, 1.165) is 17.7 Å². The first-order valence-electron chi connectivity index (χ1n) is 9.21. The second-order valence-corrected chi connectivity index (χ2v) is 7.56. The van der Waals surface area contributed by atoms with Gasteiger partial charge in [0.2, 0.25) is 0 Å². The summed E-state index contributed by atoms with van der Waals surface area (Å²) in [5.74, 6) is 0.582. The Hall–Kier alpha value is -2.71.